The first-order valence-corrected chi connectivity index (χ1v) is 8.75. The third-order valence-electron chi connectivity index (χ3n) is 5.15. The van der Waals surface area contributed by atoms with Crippen LogP contribution >= 0.6 is 0 Å². The lowest BCUT2D eigenvalue weighted by Gasteiger charge is -2.00. The Balaban J connectivity index is 2.22. The molecular formula is C20F8N6. The third-order valence-corrected chi connectivity index (χ3v) is 5.15. The van der Waals surface area contributed by atoms with Crippen molar-refractivity contribution in [1.29, 1.82) is 10.5 Å². The van der Waals surface area contributed by atoms with Crippen LogP contribution in [0.5, 0.6) is 0 Å². The van der Waals surface area contributed by atoms with Gasteiger partial charge in [-0.3, -0.25) is 0 Å². The molecule has 5 rings (SSSR count). The van der Waals surface area contributed by atoms with Crippen LogP contribution in [0.4, 0.5) is 35.1 Å². The van der Waals surface area contributed by atoms with Crippen LogP contribution < -0.4 is 10.7 Å². The van der Waals surface area contributed by atoms with Crippen LogP contribution in [0.3, 0.4) is 0 Å². The minimum Gasteiger partial charge on any atom is -0.241 e. The molecule has 0 aliphatic rings. The minimum atomic E-state index is -2.24. The van der Waals surface area contributed by atoms with Crippen molar-refractivity contribution in [2.24, 2.45) is 9.98 Å². The van der Waals surface area contributed by atoms with E-state index < -0.39 is 101 Å². The first-order chi connectivity index (χ1) is 16.1. The molecule has 1 heterocycles. The Morgan fingerprint density at radius 2 is 0.735 bits per heavy atom. The van der Waals surface area contributed by atoms with E-state index in [0.717, 1.165) is 0 Å². The Kier molecular flexibility index (Phi) is 4.28. The van der Waals surface area contributed by atoms with Crippen LogP contribution in [0.1, 0.15) is 0 Å². The van der Waals surface area contributed by atoms with Gasteiger partial charge in [-0.05, 0) is 0 Å². The summed E-state index contributed by atoms with van der Waals surface area (Å²) < 4.78 is 114. The van der Waals surface area contributed by atoms with Crippen molar-refractivity contribution in [3.05, 3.63) is 57.3 Å². The zero-order valence-corrected chi connectivity index (χ0v) is 15.7. The molecule has 34 heavy (non-hydrogen) atoms. The Morgan fingerprint density at radius 1 is 0.441 bits per heavy atom. The quantitative estimate of drug-likeness (QED) is 0.147. The molecule has 6 nitrogen and oxygen atoms in total. The van der Waals surface area contributed by atoms with Crippen LogP contribution in [0, 0.1) is 69.4 Å². The van der Waals surface area contributed by atoms with Gasteiger partial charge in [0.05, 0.1) is 21.5 Å². The van der Waals surface area contributed by atoms with E-state index in [1.165, 1.54) is 12.4 Å². The molecule has 166 valence electrons. The molecule has 0 fully saturated rings. The maximum Gasteiger partial charge on any atom is 0.206 e. The van der Waals surface area contributed by atoms with Gasteiger partial charge in [0.25, 0.3) is 0 Å². The molecule has 4 aromatic carbocycles. The van der Waals surface area contributed by atoms with Crippen LogP contribution in [-0.2, 0) is 0 Å². The maximum absolute atomic E-state index is 14.6. The molecule has 0 saturated heterocycles. The molecule has 14 heteroatoms. The fourth-order valence-electron chi connectivity index (χ4n) is 3.82. The van der Waals surface area contributed by atoms with Gasteiger partial charge >= 0.3 is 0 Å². The molecule has 0 N–H and O–H groups in total. The number of nitrogens with zero attached hydrogens (tertiary/aromatic N) is 6. The Bertz CT molecular complexity index is 1830. The predicted molar refractivity (Wildman–Crippen MR) is 96.4 cm³/mol. The molecule has 0 amide bonds. The minimum absolute atomic E-state index is 0.702. The van der Waals surface area contributed by atoms with Crippen molar-refractivity contribution in [3.63, 3.8) is 0 Å². The van der Waals surface area contributed by atoms with Gasteiger partial charge in [0.2, 0.25) is 12.4 Å². The summed E-state index contributed by atoms with van der Waals surface area (Å²) in [6, 6.07) is 0. The number of benzene rings is 2. The standard InChI is InChI=1S/C20F8N6/c21-7-3-5(9(23)13(27)11(7)25)17-19(15(3)31-1-29)33-18-6-4(16(32-2-30)20(18)34-17)8(22)12(26)14(28)10(6)24. The van der Waals surface area contributed by atoms with Gasteiger partial charge < -0.3 is 0 Å². The van der Waals surface area contributed by atoms with Crippen molar-refractivity contribution >= 4 is 43.6 Å². The van der Waals surface area contributed by atoms with Crippen molar-refractivity contribution in [3.8, 4) is 12.4 Å². The van der Waals surface area contributed by atoms with Crippen molar-refractivity contribution in [2.45, 2.75) is 0 Å². The van der Waals surface area contributed by atoms with Gasteiger partial charge in [0.1, 0.15) is 32.8 Å². The molecule has 0 radical (unpaired) electrons. The summed E-state index contributed by atoms with van der Waals surface area (Å²) >= 11 is 0. The first kappa shape index (κ1) is 21.1. The predicted octanol–water partition coefficient (Wildman–Crippen LogP) is 3.84. The molecule has 0 saturated carbocycles. The van der Waals surface area contributed by atoms with Crippen molar-refractivity contribution in [2.75, 3.05) is 0 Å². The Labute approximate surface area is 179 Å². The highest BCUT2D eigenvalue weighted by atomic mass is 19.2. The van der Waals surface area contributed by atoms with Gasteiger partial charge in [0, 0.05) is 0 Å². The summed E-state index contributed by atoms with van der Waals surface area (Å²) in [5.74, 6) is -16.7. The second-order valence-corrected chi connectivity index (χ2v) is 6.75. The van der Waals surface area contributed by atoms with E-state index in [4.69, 9.17) is 10.5 Å². The lowest BCUT2D eigenvalue weighted by Crippen LogP contribution is -2.06. The third kappa shape index (κ3) is 2.36. The summed E-state index contributed by atoms with van der Waals surface area (Å²) in [7, 11) is 0. The fourth-order valence-corrected chi connectivity index (χ4v) is 3.82. The number of hydrogen-bond donors (Lipinski definition) is 0. The number of nitriles is 2. The number of aromatic nitrogens is 2. The summed E-state index contributed by atoms with van der Waals surface area (Å²) in [4.78, 5) is 14.1. The average molecular weight is 476 g/mol. The van der Waals surface area contributed by atoms with E-state index in [1.54, 1.807) is 0 Å². The topological polar surface area (TPSA) is 98.1 Å². The zero-order valence-electron chi connectivity index (χ0n) is 15.7. The highest BCUT2D eigenvalue weighted by molar-refractivity contribution is 6.15. The summed E-state index contributed by atoms with van der Waals surface area (Å²) in [5.41, 5.74) is -2.91. The smallest absolute Gasteiger partial charge is 0.206 e. The van der Waals surface area contributed by atoms with Gasteiger partial charge in [0.15, 0.2) is 46.5 Å². The van der Waals surface area contributed by atoms with E-state index in [2.05, 4.69) is 20.0 Å². The number of rotatable bonds is 0. The van der Waals surface area contributed by atoms with E-state index >= 15 is 0 Å². The van der Waals surface area contributed by atoms with E-state index in [9.17, 15) is 35.1 Å². The van der Waals surface area contributed by atoms with Crippen LogP contribution in [0.2, 0.25) is 0 Å². The normalized spacial score (nSPS) is 13.0. The summed E-state index contributed by atoms with van der Waals surface area (Å²) in [5, 5.41) is 12.1. The maximum atomic E-state index is 14.6. The van der Waals surface area contributed by atoms with E-state index in [0.29, 0.717) is 0 Å². The molecule has 0 spiro atoms. The average Bonchev–Trinajstić information content (AvgIpc) is 3.30. The number of halogens is 8. The largest absolute Gasteiger partial charge is 0.241 e. The highest BCUT2D eigenvalue weighted by Crippen LogP contribution is 2.35. The summed E-state index contributed by atoms with van der Waals surface area (Å²) in [6.07, 6.45) is 2.46. The fraction of sp³-hybridized carbons (Fsp3) is 0. The first-order valence-electron chi connectivity index (χ1n) is 8.75. The van der Waals surface area contributed by atoms with Gasteiger partial charge in [-0.25, -0.2) is 45.1 Å². The van der Waals surface area contributed by atoms with Crippen LogP contribution in [-0.4, -0.2) is 9.97 Å². The van der Waals surface area contributed by atoms with Gasteiger partial charge in [-0.2, -0.15) is 20.5 Å². The Hall–Kier alpha value is -4.72. The monoisotopic (exact) mass is 476 g/mol. The number of fused-ring (bicyclic) bond motifs is 6. The molecule has 0 bridgehead atoms. The van der Waals surface area contributed by atoms with Crippen molar-refractivity contribution < 1.29 is 35.1 Å². The lowest BCUT2D eigenvalue weighted by atomic mass is 10.2. The molecule has 5 aromatic rings. The second kappa shape index (κ2) is 6.89. The van der Waals surface area contributed by atoms with Crippen LogP contribution in [0.15, 0.2) is 9.98 Å². The molecule has 0 aliphatic carbocycles. The van der Waals surface area contributed by atoms with E-state index in [-0.39, 0.29) is 0 Å². The number of hydrogen-bond acceptors (Lipinski definition) is 6. The van der Waals surface area contributed by atoms with E-state index in [1.807, 2.05) is 0 Å². The highest BCUT2D eigenvalue weighted by Gasteiger charge is 2.31. The van der Waals surface area contributed by atoms with Gasteiger partial charge in [-0.1, -0.05) is 0 Å². The SMILES string of the molecule is N#CN=c1c2nc3c(nc2c2c(F)c(F)c(F)c(F)c12)c(=NC#N)c1c(F)c(F)c(F)c(F)c13. The molecule has 0 unspecified atom stereocenters. The second-order valence-electron chi connectivity index (χ2n) is 6.75. The van der Waals surface area contributed by atoms with Gasteiger partial charge in [-0.15, -0.1) is 0 Å². The van der Waals surface area contributed by atoms with Crippen LogP contribution in [0.25, 0.3) is 43.6 Å². The zero-order chi connectivity index (χ0) is 24.6. The molecular weight excluding hydrogens is 476 g/mol. The molecule has 0 aliphatic heterocycles. The molecule has 0 atom stereocenters. The Morgan fingerprint density at radius 3 is 1.03 bits per heavy atom. The van der Waals surface area contributed by atoms with Crippen molar-refractivity contribution in [1.82, 2.24) is 9.97 Å². The summed E-state index contributed by atoms with van der Waals surface area (Å²) in [6.45, 7) is 0. The lowest BCUT2D eigenvalue weighted by molar-refractivity contribution is 0.418. The molecule has 1 aromatic heterocycles.